The van der Waals surface area contributed by atoms with Gasteiger partial charge in [-0.1, -0.05) is 20.8 Å². The van der Waals surface area contributed by atoms with E-state index in [0.29, 0.717) is 5.41 Å². The standard InChI is InChI=1S/C12H23N/c1-4-11-10(2)5-8-13(11)9-12(3)6-7-12/h10-11H,4-9H2,1-3H3. The van der Waals surface area contributed by atoms with Gasteiger partial charge in [-0.15, -0.1) is 0 Å². The molecule has 13 heavy (non-hydrogen) atoms. The van der Waals surface area contributed by atoms with Crippen LogP contribution in [0.2, 0.25) is 0 Å². The maximum atomic E-state index is 2.75. The average molecular weight is 181 g/mol. The van der Waals surface area contributed by atoms with Crippen LogP contribution in [-0.4, -0.2) is 24.0 Å². The van der Waals surface area contributed by atoms with Gasteiger partial charge < -0.3 is 0 Å². The molecule has 2 fully saturated rings. The summed E-state index contributed by atoms with van der Waals surface area (Å²) in [6.45, 7) is 9.94. The lowest BCUT2D eigenvalue weighted by Gasteiger charge is -2.28. The van der Waals surface area contributed by atoms with E-state index >= 15 is 0 Å². The van der Waals surface area contributed by atoms with Crippen LogP contribution in [0.25, 0.3) is 0 Å². The topological polar surface area (TPSA) is 3.24 Å². The summed E-state index contributed by atoms with van der Waals surface area (Å²) < 4.78 is 0. The molecule has 2 unspecified atom stereocenters. The van der Waals surface area contributed by atoms with Crippen molar-refractivity contribution in [2.75, 3.05) is 13.1 Å². The van der Waals surface area contributed by atoms with Gasteiger partial charge in [0.2, 0.25) is 0 Å². The van der Waals surface area contributed by atoms with Crippen LogP contribution in [0.1, 0.15) is 46.5 Å². The molecule has 2 rings (SSSR count). The molecule has 0 amide bonds. The minimum absolute atomic E-state index is 0.706. The highest BCUT2D eigenvalue weighted by Crippen LogP contribution is 2.46. The molecule has 0 aromatic carbocycles. The summed E-state index contributed by atoms with van der Waals surface area (Å²) in [6, 6.07) is 0.887. The van der Waals surface area contributed by atoms with Gasteiger partial charge in [0.05, 0.1) is 0 Å². The van der Waals surface area contributed by atoms with Gasteiger partial charge in [0.25, 0.3) is 0 Å². The van der Waals surface area contributed by atoms with Crippen molar-refractivity contribution >= 4 is 0 Å². The number of rotatable bonds is 3. The van der Waals surface area contributed by atoms with Crippen molar-refractivity contribution in [1.29, 1.82) is 0 Å². The van der Waals surface area contributed by atoms with Crippen LogP contribution in [0.4, 0.5) is 0 Å². The lowest BCUT2D eigenvalue weighted by molar-refractivity contribution is 0.190. The van der Waals surface area contributed by atoms with Crippen LogP contribution in [0.5, 0.6) is 0 Å². The first kappa shape index (κ1) is 9.51. The van der Waals surface area contributed by atoms with Crippen molar-refractivity contribution in [2.24, 2.45) is 11.3 Å². The molecule has 1 nitrogen and oxygen atoms in total. The lowest BCUT2D eigenvalue weighted by atomic mass is 10.00. The van der Waals surface area contributed by atoms with Crippen molar-refractivity contribution in [2.45, 2.75) is 52.5 Å². The molecule has 0 aromatic heterocycles. The van der Waals surface area contributed by atoms with E-state index in [9.17, 15) is 0 Å². The summed E-state index contributed by atoms with van der Waals surface area (Å²) in [4.78, 5) is 2.75. The number of likely N-dealkylation sites (tertiary alicyclic amines) is 1. The molecule has 76 valence electrons. The molecule has 1 saturated heterocycles. The maximum absolute atomic E-state index is 2.75. The fourth-order valence-corrected chi connectivity index (χ4v) is 2.81. The van der Waals surface area contributed by atoms with Crippen molar-refractivity contribution in [3.63, 3.8) is 0 Å². The number of hydrogen-bond acceptors (Lipinski definition) is 1. The fourth-order valence-electron chi connectivity index (χ4n) is 2.81. The Bertz CT molecular complexity index is 184. The second kappa shape index (κ2) is 3.27. The molecule has 1 aliphatic heterocycles. The first-order valence-corrected chi connectivity index (χ1v) is 5.89. The normalized spacial score (nSPS) is 38.1. The van der Waals surface area contributed by atoms with Gasteiger partial charge in [-0.2, -0.15) is 0 Å². The Kier molecular flexibility index (Phi) is 2.39. The fraction of sp³-hybridized carbons (Fsp3) is 1.00. The summed E-state index contributed by atoms with van der Waals surface area (Å²) >= 11 is 0. The Morgan fingerprint density at radius 2 is 2.08 bits per heavy atom. The van der Waals surface area contributed by atoms with E-state index in [2.05, 4.69) is 25.7 Å². The molecule has 0 bridgehead atoms. The maximum Gasteiger partial charge on any atom is 0.0119 e. The van der Waals surface area contributed by atoms with Crippen LogP contribution >= 0.6 is 0 Å². The van der Waals surface area contributed by atoms with Gasteiger partial charge in [-0.3, -0.25) is 4.90 Å². The second-order valence-electron chi connectivity index (χ2n) is 5.52. The van der Waals surface area contributed by atoms with Gasteiger partial charge in [-0.05, 0) is 43.6 Å². The molecule has 1 heteroatoms. The highest BCUT2D eigenvalue weighted by atomic mass is 15.2. The molecular weight excluding hydrogens is 158 g/mol. The Morgan fingerprint density at radius 1 is 1.38 bits per heavy atom. The van der Waals surface area contributed by atoms with E-state index in [1.165, 1.54) is 38.8 Å². The zero-order valence-corrected chi connectivity index (χ0v) is 9.34. The lowest BCUT2D eigenvalue weighted by Crippen LogP contribution is -2.35. The molecular formula is C12H23N. The molecule has 1 aliphatic carbocycles. The molecule has 1 saturated carbocycles. The Labute approximate surface area is 82.5 Å². The smallest absolute Gasteiger partial charge is 0.0119 e. The largest absolute Gasteiger partial charge is 0.300 e. The van der Waals surface area contributed by atoms with Gasteiger partial charge in [-0.25, -0.2) is 0 Å². The quantitative estimate of drug-likeness (QED) is 0.647. The van der Waals surface area contributed by atoms with Gasteiger partial charge >= 0.3 is 0 Å². The highest BCUT2D eigenvalue weighted by Gasteiger charge is 2.42. The first-order chi connectivity index (χ1) is 6.14. The minimum atomic E-state index is 0.706. The number of nitrogens with zero attached hydrogens (tertiary/aromatic N) is 1. The van der Waals surface area contributed by atoms with Crippen molar-refractivity contribution < 1.29 is 0 Å². The van der Waals surface area contributed by atoms with E-state index in [1.807, 2.05) is 0 Å². The summed E-state index contributed by atoms with van der Waals surface area (Å²) in [6.07, 6.45) is 5.70. The Hall–Kier alpha value is -0.0400. The molecule has 2 atom stereocenters. The zero-order chi connectivity index (χ0) is 9.47. The zero-order valence-electron chi connectivity index (χ0n) is 9.34. The van der Waals surface area contributed by atoms with Crippen LogP contribution in [0.15, 0.2) is 0 Å². The van der Waals surface area contributed by atoms with E-state index < -0.39 is 0 Å². The van der Waals surface area contributed by atoms with Gasteiger partial charge in [0, 0.05) is 12.6 Å². The Balaban J connectivity index is 1.91. The molecule has 2 aliphatic rings. The summed E-state index contributed by atoms with van der Waals surface area (Å²) in [5, 5.41) is 0. The summed E-state index contributed by atoms with van der Waals surface area (Å²) in [7, 11) is 0. The number of hydrogen-bond donors (Lipinski definition) is 0. The van der Waals surface area contributed by atoms with E-state index in [-0.39, 0.29) is 0 Å². The minimum Gasteiger partial charge on any atom is -0.300 e. The average Bonchev–Trinajstić information content (AvgIpc) is 2.70. The predicted molar refractivity (Wildman–Crippen MR) is 56.8 cm³/mol. The molecule has 1 heterocycles. The van der Waals surface area contributed by atoms with E-state index in [1.54, 1.807) is 0 Å². The van der Waals surface area contributed by atoms with Crippen LogP contribution in [-0.2, 0) is 0 Å². The van der Waals surface area contributed by atoms with E-state index in [4.69, 9.17) is 0 Å². The Morgan fingerprint density at radius 3 is 2.62 bits per heavy atom. The van der Waals surface area contributed by atoms with Crippen molar-refractivity contribution in [3.05, 3.63) is 0 Å². The highest BCUT2D eigenvalue weighted by molar-refractivity contribution is 4.95. The monoisotopic (exact) mass is 181 g/mol. The van der Waals surface area contributed by atoms with Crippen LogP contribution in [0.3, 0.4) is 0 Å². The predicted octanol–water partition coefficient (Wildman–Crippen LogP) is 2.91. The summed E-state index contributed by atoms with van der Waals surface area (Å²) in [5.74, 6) is 0.937. The SMILES string of the molecule is CCC1C(C)CCN1CC1(C)CC1. The molecule has 0 radical (unpaired) electrons. The molecule has 0 N–H and O–H groups in total. The van der Waals surface area contributed by atoms with Crippen molar-refractivity contribution in [1.82, 2.24) is 4.90 Å². The van der Waals surface area contributed by atoms with Gasteiger partial charge in [0.15, 0.2) is 0 Å². The molecule has 0 spiro atoms. The first-order valence-electron chi connectivity index (χ1n) is 5.89. The second-order valence-corrected chi connectivity index (χ2v) is 5.52. The van der Waals surface area contributed by atoms with Crippen LogP contribution < -0.4 is 0 Å². The molecule has 0 aromatic rings. The van der Waals surface area contributed by atoms with Crippen molar-refractivity contribution in [3.8, 4) is 0 Å². The third-order valence-electron chi connectivity index (χ3n) is 4.10. The third-order valence-corrected chi connectivity index (χ3v) is 4.10. The summed E-state index contributed by atoms with van der Waals surface area (Å²) in [5.41, 5.74) is 0.706. The van der Waals surface area contributed by atoms with Crippen LogP contribution in [0, 0.1) is 11.3 Å². The van der Waals surface area contributed by atoms with E-state index in [0.717, 1.165) is 12.0 Å². The third kappa shape index (κ3) is 1.90. The van der Waals surface area contributed by atoms with Gasteiger partial charge in [0.1, 0.15) is 0 Å².